The summed E-state index contributed by atoms with van der Waals surface area (Å²) >= 11 is 1.32. The molecule has 0 saturated carbocycles. The van der Waals surface area contributed by atoms with Crippen LogP contribution in [0.2, 0.25) is 0 Å². The van der Waals surface area contributed by atoms with Crippen LogP contribution >= 0.6 is 11.8 Å². The van der Waals surface area contributed by atoms with E-state index in [1.165, 1.54) is 18.0 Å². The summed E-state index contributed by atoms with van der Waals surface area (Å²) in [5, 5.41) is 0.120. The normalized spacial score (nSPS) is 12.8. The van der Waals surface area contributed by atoms with E-state index in [2.05, 4.69) is 4.98 Å². The Morgan fingerprint density at radius 1 is 0.966 bits per heavy atom. The molecule has 0 amide bonds. The number of hydrogen-bond donors (Lipinski definition) is 0. The summed E-state index contributed by atoms with van der Waals surface area (Å²) in [6.45, 7) is 3.90. The molecular weight excluding hydrogens is 406 g/mol. The first-order valence-corrected chi connectivity index (χ1v) is 11.4. The highest BCUT2D eigenvalue weighted by molar-refractivity contribution is 8.00. The van der Waals surface area contributed by atoms with Gasteiger partial charge in [0.2, 0.25) is 20.0 Å². The van der Waals surface area contributed by atoms with Crippen LogP contribution in [0.5, 0.6) is 0 Å². The largest absolute Gasteiger partial charge is 0.459 e. The molecule has 0 N–H and O–H groups in total. The lowest BCUT2D eigenvalue weighted by molar-refractivity contribution is 0.450. The highest BCUT2D eigenvalue weighted by Gasteiger charge is 2.30. The molecule has 2 heterocycles. The van der Waals surface area contributed by atoms with E-state index in [0.717, 1.165) is 11.1 Å². The topological polar surface area (TPSA) is 73.3 Å². The fourth-order valence-corrected chi connectivity index (χ4v) is 5.37. The van der Waals surface area contributed by atoms with Crippen molar-refractivity contribution in [2.45, 2.75) is 34.1 Å². The van der Waals surface area contributed by atoms with Crippen LogP contribution in [0.3, 0.4) is 0 Å². The molecule has 0 aliphatic rings. The number of rotatable bonds is 6. The molecule has 0 aliphatic heterocycles. The maximum Gasteiger partial charge on any atom is 0.265 e. The predicted molar refractivity (Wildman–Crippen MR) is 112 cm³/mol. The minimum Gasteiger partial charge on any atom is -0.459 e. The third kappa shape index (κ3) is 4.02. The summed E-state index contributed by atoms with van der Waals surface area (Å²) in [7, 11) is -3.85. The van der Waals surface area contributed by atoms with E-state index in [1.54, 1.807) is 36.4 Å². The van der Waals surface area contributed by atoms with Crippen molar-refractivity contribution in [3.05, 3.63) is 84.1 Å². The van der Waals surface area contributed by atoms with Gasteiger partial charge in [-0.05, 0) is 43.7 Å². The number of aryl methyl sites for hydroxylation is 1. The van der Waals surface area contributed by atoms with Gasteiger partial charge < -0.3 is 8.83 Å². The molecule has 29 heavy (non-hydrogen) atoms. The van der Waals surface area contributed by atoms with E-state index in [-0.39, 0.29) is 26.2 Å². The number of aromatic nitrogens is 1. The zero-order valence-electron chi connectivity index (χ0n) is 15.9. The minimum absolute atomic E-state index is 0.0273. The monoisotopic (exact) mass is 425 g/mol. The minimum atomic E-state index is -3.85. The van der Waals surface area contributed by atoms with Crippen molar-refractivity contribution in [2.75, 3.05) is 0 Å². The fraction of sp³-hybridized carbons (Fsp3) is 0.136. The predicted octanol–water partition coefficient (Wildman–Crippen LogP) is 5.93. The second-order valence-electron chi connectivity index (χ2n) is 6.58. The Labute approximate surface area is 173 Å². The Morgan fingerprint density at radius 3 is 2.34 bits per heavy atom. The average molecular weight is 426 g/mol. The number of hydrogen-bond acceptors (Lipinski definition) is 6. The number of furan rings is 1. The highest BCUT2D eigenvalue weighted by atomic mass is 32.2. The summed E-state index contributed by atoms with van der Waals surface area (Å²) in [5.41, 5.74) is 2.04. The molecule has 5 nitrogen and oxygen atoms in total. The lowest BCUT2D eigenvalue weighted by Crippen LogP contribution is -2.04. The van der Waals surface area contributed by atoms with Crippen molar-refractivity contribution in [3.8, 4) is 11.7 Å². The van der Waals surface area contributed by atoms with E-state index in [0.29, 0.717) is 5.76 Å². The number of thioether (sulfide) groups is 1. The van der Waals surface area contributed by atoms with Gasteiger partial charge in [-0.25, -0.2) is 8.42 Å². The van der Waals surface area contributed by atoms with E-state index in [1.807, 2.05) is 44.2 Å². The number of sulfone groups is 1. The Kier molecular flexibility index (Phi) is 5.34. The van der Waals surface area contributed by atoms with Crippen molar-refractivity contribution in [1.29, 1.82) is 0 Å². The molecular formula is C22H19NO4S2. The summed E-state index contributed by atoms with van der Waals surface area (Å²) in [5.74, 6) is 0.521. The molecule has 0 radical (unpaired) electrons. The molecule has 4 rings (SSSR count). The Morgan fingerprint density at radius 2 is 1.69 bits per heavy atom. The van der Waals surface area contributed by atoms with Crippen molar-refractivity contribution < 1.29 is 17.3 Å². The van der Waals surface area contributed by atoms with Crippen LogP contribution in [0.15, 0.2) is 96.8 Å². The molecule has 148 valence electrons. The van der Waals surface area contributed by atoms with Crippen LogP contribution in [0.25, 0.3) is 11.7 Å². The van der Waals surface area contributed by atoms with Gasteiger partial charge in [0.05, 0.1) is 11.2 Å². The maximum atomic E-state index is 13.3. The number of nitrogens with zero attached hydrogens (tertiary/aromatic N) is 1. The molecule has 0 saturated heterocycles. The third-order valence-electron chi connectivity index (χ3n) is 4.44. The molecule has 0 bridgehead atoms. The van der Waals surface area contributed by atoms with Crippen molar-refractivity contribution in [3.63, 3.8) is 0 Å². The molecule has 0 aliphatic carbocycles. The lowest BCUT2D eigenvalue weighted by Gasteiger charge is -2.10. The number of oxazole rings is 1. The Bertz CT molecular complexity index is 1200. The average Bonchev–Trinajstić information content (AvgIpc) is 3.39. The van der Waals surface area contributed by atoms with Crippen molar-refractivity contribution >= 4 is 21.6 Å². The zero-order valence-corrected chi connectivity index (χ0v) is 17.5. The maximum absolute atomic E-state index is 13.3. The number of benzene rings is 2. The first kappa shape index (κ1) is 19.5. The summed E-state index contributed by atoms with van der Waals surface area (Å²) in [6, 6.07) is 19.9. The van der Waals surface area contributed by atoms with Gasteiger partial charge in [-0.2, -0.15) is 4.98 Å². The van der Waals surface area contributed by atoms with Gasteiger partial charge in [0.25, 0.3) is 5.89 Å². The van der Waals surface area contributed by atoms with Crippen LogP contribution in [-0.4, -0.2) is 13.4 Å². The molecule has 0 fully saturated rings. The van der Waals surface area contributed by atoms with Gasteiger partial charge in [0.15, 0.2) is 5.76 Å². The van der Waals surface area contributed by atoms with Crippen LogP contribution in [0.4, 0.5) is 0 Å². The van der Waals surface area contributed by atoms with E-state index in [4.69, 9.17) is 8.83 Å². The molecule has 2 aromatic heterocycles. The molecule has 1 atom stereocenters. The van der Waals surface area contributed by atoms with E-state index in [9.17, 15) is 8.42 Å². The van der Waals surface area contributed by atoms with Gasteiger partial charge in [-0.15, -0.1) is 0 Å². The quantitative estimate of drug-likeness (QED) is 0.357. The second kappa shape index (κ2) is 7.93. The first-order chi connectivity index (χ1) is 13.9. The van der Waals surface area contributed by atoms with Gasteiger partial charge in [-0.1, -0.05) is 59.8 Å². The molecule has 2 aromatic carbocycles. The second-order valence-corrected chi connectivity index (χ2v) is 9.75. The lowest BCUT2D eigenvalue weighted by atomic mass is 10.2. The molecule has 0 spiro atoms. The first-order valence-electron chi connectivity index (χ1n) is 9.03. The Balaban J connectivity index is 1.78. The van der Waals surface area contributed by atoms with Crippen LogP contribution in [0, 0.1) is 6.92 Å². The van der Waals surface area contributed by atoms with Crippen molar-refractivity contribution in [1.82, 2.24) is 4.98 Å². The molecule has 4 aromatic rings. The van der Waals surface area contributed by atoms with Crippen molar-refractivity contribution in [2.24, 2.45) is 0 Å². The van der Waals surface area contributed by atoms with Gasteiger partial charge in [0, 0.05) is 5.25 Å². The SMILES string of the molecule is Cc1ccc(S(=O)(=O)c2nc(-c3ccco3)oc2S[C@@H](C)c2ccccc2)cc1. The van der Waals surface area contributed by atoms with E-state index >= 15 is 0 Å². The van der Waals surface area contributed by atoms with Crippen LogP contribution < -0.4 is 0 Å². The Hall–Kier alpha value is -2.77. The standard InChI is InChI=1S/C22H19NO4S2/c1-15-10-12-18(13-11-15)29(24,25)21-22(27-20(23-21)19-9-6-14-26-19)28-16(2)17-7-4-3-5-8-17/h3-14,16H,1-2H3/t16-/m0/s1. The van der Waals surface area contributed by atoms with Crippen LogP contribution in [-0.2, 0) is 9.84 Å². The van der Waals surface area contributed by atoms with Gasteiger partial charge in [-0.3, -0.25) is 0 Å². The molecule has 0 unspecified atom stereocenters. The van der Waals surface area contributed by atoms with Crippen LogP contribution in [0.1, 0.15) is 23.3 Å². The third-order valence-corrected chi connectivity index (χ3v) is 7.36. The van der Waals surface area contributed by atoms with E-state index < -0.39 is 9.84 Å². The highest BCUT2D eigenvalue weighted by Crippen LogP contribution is 2.41. The fourth-order valence-electron chi connectivity index (χ4n) is 2.82. The zero-order chi connectivity index (χ0) is 20.4. The van der Waals surface area contributed by atoms with Gasteiger partial charge >= 0.3 is 0 Å². The summed E-state index contributed by atoms with van der Waals surface area (Å²) in [6.07, 6.45) is 1.49. The smallest absolute Gasteiger partial charge is 0.265 e. The summed E-state index contributed by atoms with van der Waals surface area (Å²) in [4.78, 5) is 4.48. The molecule has 7 heteroatoms. The van der Waals surface area contributed by atoms with Gasteiger partial charge in [0.1, 0.15) is 0 Å². The summed E-state index contributed by atoms with van der Waals surface area (Å²) < 4.78 is 37.8.